The zero-order chi connectivity index (χ0) is 14.7. The van der Waals surface area contributed by atoms with Gasteiger partial charge >= 0.3 is 0 Å². The first-order chi connectivity index (χ1) is 10.2. The second kappa shape index (κ2) is 6.01. The van der Waals surface area contributed by atoms with E-state index in [-0.39, 0.29) is 6.10 Å². The van der Waals surface area contributed by atoms with Gasteiger partial charge in [-0.3, -0.25) is 4.90 Å². The molecular formula is C16H20N4O. The van der Waals surface area contributed by atoms with Gasteiger partial charge in [0.2, 0.25) is 5.88 Å². The Kier molecular flexibility index (Phi) is 3.92. The number of hydrogen-bond acceptors (Lipinski definition) is 5. The second-order valence-electron chi connectivity index (χ2n) is 5.37. The van der Waals surface area contributed by atoms with E-state index >= 15 is 0 Å². The first-order valence-corrected chi connectivity index (χ1v) is 7.15. The molecule has 1 unspecified atom stereocenters. The molecule has 0 saturated carbocycles. The van der Waals surface area contributed by atoms with Crippen molar-refractivity contribution in [1.82, 2.24) is 9.88 Å². The molecule has 5 heteroatoms. The number of nitrogens with zero attached hydrogens (tertiary/aromatic N) is 2. The summed E-state index contributed by atoms with van der Waals surface area (Å²) in [6.07, 6.45) is 1.16. The van der Waals surface area contributed by atoms with Crippen LogP contribution in [0.4, 0.5) is 11.5 Å². The lowest BCUT2D eigenvalue weighted by Gasteiger charge is -2.16. The van der Waals surface area contributed by atoms with Gasteiger partial charge < -0.3 is 16.2 Å². The lowest BCUT2D eigenvalue weighted by atomic mass is 10.2. The minimum absolute atomic E-state index is 0.157. The number of pyridine rings is 1. The Balaban J connectivity index is 1.56. The average molecular weight is 284 g/mol. The van der Waals surface area contributed by atoms with Crippen molar-refractivity contribution in [2.24, 2.45) is 0 Å². The van der Waals surface area contributed by atoms with E-state index in [1.54, 1.807) is 12.1 Å². The standard InChI is InChI=1S/C16H20N4O/c17-14-6-7-15(19-16(14)18)21-13-8-9-20(11-13)10-12-4-2-1-3-5-12/h1-7,13H,8-11,17H2,(H2,18,19). The largest absolute Gasteiger partial charge is 0.473 e. The Morgan fingerprint density at radius 2 is 1.95 bits per heavy atom. The van der Waals surface area contributed by atoms with Crippen LogP contribution in [-0.2, 0) is 6.54 Å². The SMILES string of the molecule is Nc1ccc(OC2CCN(Cc3ccccc3)C2)nc1N. The van der Waals surface area contributed by atoms with E-state index in [4.69, 9.17) is 16.2 Å². The first-order valence-electron chi connectivity index (χ1n) is 7.15. The van der Waals surface area contributed by atoms with Crippen molar-refractivity contribution in [1.29, 1.82) is 0 Å². The highest BCUT2D eigenvalue weighted by Crippen LogP contribution is 2.21. The van der Waals surface area contributed by atoms with E-state index in [0.717, 1.165) is 26.1 Å². The van der Waals surface area contributed by atoms with Gasteiger partial charge in [0, 0.05) is 25.7 Å². The van der Waals surface area contributed by atoms with Crippen LogP contribution in [0.2, 0.25) is 0 Å². The second-order valence-corrected chi connectivity index (χ2v) is 5.37. The summed E-state index contributed by atoms with van der Waals surface area (Å²) in [5.74, 6) is 0.875. The van der Waals surface area contributed by atoms with E-state index in [1.807, 2.05) is 6.07 Å². The Morgan fingerprint density at radius 3 is 2.71 bits per heavy atom. The van der Waals surface area contributed by atoms with Gasteiger partial charge in [-0.1, -0.05) is 30.3 Å². The molecular weight excluding hydrogens is 264 g/mol. The van der Waals surface area contributed by atoms with Crippen molar-refractivity contribution in [3.63, 3.8) is 0 Å². The van der Waals surface area contributed by atoms with Crippen molar-refractivity contribution in [2.45, 2.75) is 19.1 Å². The molecule has 1 saturated heterocycles. The van der Waals surface area contributed by atoms with E-state index in [1.165, 1.54) is 5.56 Å². The molecule has 0 radical (unpaired) electrons. The van der Waals surface area contributed by atoms with E-state index < -0.39 is 0 Å². The van der Waals surface area contributed by atoms with Crippen molar-refractivity contribution in [3.05, 3.63) is 48.0 Å². The van der Waals surface area contributed by atoms with Gasteiger partial charge in [-0.15, -0.1) is 0 Å². The third-order valence-corrected chi connectivity index (χ3v) is 3.70. The predicted octanol–water partition coefficient (Wildman–Crippen LogP) is 1.90. The molecule has 3 rings (SSSR count). The van der Waals surface area contributed by atoms with E-state index in [9.17, 15) is 0 Å². The van der Waals surface area contributed by atoms with Gasteiger partial charge in [0.15, 0.2) is 5.82 Å². The number of rotatable bonds is 4. The molecule has 2 aromatic rings. The maximum Gasteiger partial charge on any atom is 0.215 e. The zero-order valence-corrected chi connectivity index (χ0v) is 11.9. The van der Waals surface area contributed by atoms with Gasteiger partial charge in [-0.2, -0.15) is 4.98 Å². The Morgan fingerprint density at radius 1 is 1.14 bits per heavy atom. The van der Waals surface area contributed by atoms with Crippen LogP contribution in [0.3, 0.4) is 0 Å². The van der Waals surface area contributed by atoms with Crippen LogP contribution >= 0.6 is 0 Å². The Hall–Kier alpha value is -2.27. The molecule has 1 aromatic carbocycles. The van der Waals surface area contributed by atoms with Crippen LogP contribution in [-0.4, -0.2) is 29.1 Å². The van der Waals surface area contributed by atoms with Gasteiger partial charge in [0.1, 0.15) is 6.10 Å². The number of nitrogens with two attached hydrogens (primary N) is 2. The lowest BCUT2D eigenvalue weighted by Crippen LogP contribution is -2.24. The number of aromatic nitrogens is 1. The van der Waals surface area contributed by atoms with Gasteiger partial charge in [-0.25, -0.2) is 0 Å². The zero-order valence-electron chi connectivity index (χ0n) is 11.9. The highest BCUT2D eigenvalue weighted by Gasteiger charge is 2.24. The maximum absolute atomic E-state index is 5.89. The summed E-state index contributed by atoms with van der Waals surface area (Å²) < 4.78 is 5.89. The quantitative estimate of drug-likeness (QED) is 0.896. The van der Waals surface area contributed by atoms with Crippen LogP contribution in [0.1, 0.15) is 12.0 Å². The summed E-state index contributed by atoms with van der Waals surface area (Å²) in [7, 11) is 0. The first kappa shape index (κ1) is 13.7. The fourth-order valence-electron chi connectivity index (χ4n) is 2.58. The molecule has 2 heterocycles. The lowest BCUT2D eigenvalue weighted by molar-refractivity contribution is 0.191. The smallest absolute Gasteiger partial charge is 0.215 e. The minimum Gasteiger partial charge on any atom is -0.473 e. The molecule has 1 aliphatic heterocycles. The normalized spacial score (nSPS) is 18.8. The molecule has 0 aliphatic carbocycles. The number of benzene rings is 1. The number of anilines is 2. The van der Waals surface area contributed by atoms with E-state index in [0.29, 0.717) is 17.4 Å². The number of ether oxygens (including phenoxy) is 1. The highest BCUT2D eigenvalue weighted by molar-refractivity contribution is 5.58. The van der Waals surface area contributed by atoms with Crippen molar-refractivity contribution < 1.29 is 4.74 Å². The fraction of sp³-hybridized carbons (Fsp3) is 0.312. The average Bonchev–Trinajstić information content (AvgIpc) is 2.91. The highest BCUT2D eigenvalue weighted by atomic mass is 16.5. The van der Waals surface area contributed by atoms with Crippen LogP contribution in [0.5, 0.6) is 5.88 Å². The molecule has 0 spiro atoms. The molecule has 1 atom stereocenters. The van der Waals surface area contributed by atoms with Crippen LogP contribution < -0.4 is 16.2 Å². The third-order valence-electron chi connectivity index (χ3n) is 3.70. The molecule has 0 bridgehead atoms. The Bertz CT molecular complexity index is 602. The van der Waals surface area contributed by atoms with Crippen molar-refractivity contribution in [2.75, 3.05) is 24.6 Å². The summed E-state index contributed by atoms with van der Waals surface area (Å²) in [6.45, 7) is 2.89. The van der Waals surface area contributed by atoms with Crippen LogP contribution in [0.15, 0.2) is 42.5 Å². The number of nitrogen functional groups attached to an aromatic ring is 2. The van der Waals surface area contributed by atoms with Gasteiger partial charge in [-0.05, 0) is 18.1 Å². The third kappa shape index (κ3) is 3.44. The molecule has 110 valence electrons. The molecule has 1 fully saturated rings. The van der Waals surface area contributed by atoms with Crippen LogP contribution in [0, 0.1) is 0 Å². The molecule has 4 N–H and O–H groups in total. The summed E-state index contributed by atoms with van der Waals surface area (Å²) >= 11 is 0. The summed E-state index contributed by atoms with van der Waals surface area (Å²) in [5.41, 5.74) is 13.2. The molecule has 5 nitrogen and oxygen atoms in total. The van der Waals surface area contributed by atoms with Gasteiger partial charge in [0.05, 0.1) is 5.69 Å². The Labute approximate surface area is 124 Å². The summed E-state index contributed by atoms with van der Waals surface area (Å²) in [4.78, 5) is 6.55. The molecule has 0 amide bonds. The van der Waals surface area contributed by atoms with Gasteiger partial charge in [0.25, 0.3) is 0 Å². The monoisotopic (exact) mass is 284 g/mol. The van der Waals surface area contributed by atoms with E-state index in [2.05, 4.69) is 34.1 Å². The molecule has 21 heavy (non-hydrogen) atoms. The predicted molar refractivity (Wildman–Crippen MR) is 83.8 cm³/mol. The number of likely N-dealkylation sites (tertiary alicyclic amines) is 1. The molecule has 1 aromatic heterocycles. The van der Waals surface area contributed by atoms with Crippen molar-refractivity contribution >= 4 is 11.5 Å². The van der Waals surface area contributed by atoms with Crippen molar-refractivity contribution in [3.8, 4) is 5.88 Å². The molecule has 1 aliphatic rings. The summed E-state index contributed by atoms with van der Waals surface area (Å²) in [6, 6.07) is 14.0. The van der Waals surface area contributed by atoms with Crippen LogP contribution in [0.25, 0.3) is 0 Å². The minimum atomic E-state index is 0.157. The topological polar surface area (TPSA) is 77.4 Å². The number of hydrogen-bond donors (Lipinski definition) is 2. The maximum atomic E-state index is 5.89. The fourth-order valence-corrected chi connectivity index (χ4v) is 2.58. The summed E-state index contributed by atoms with van der Waals surface area (Å²) in [5, 5.41) is 0.